The largest absolute Gasteiger partial charge is 0.417 e. The van der Waals surface area contributed by atoms with E-state index in [1.54, 1.807) is 18.4 Å². The maximum Gasteiger partial charge on any atom is 0.417 e. The number of alkyl halides is 3. The molecule has 25 heavy (non-hydrogen) atoms. The van der Waals surface area contributed by atoms with E-state index in [-0.39, 0.29) is 4.80 Å². The van der Waals surface area contributed by atoms with Crippen molar-refractivity contribution in [3.8, 4) is 0 Å². The van der Waals surface area contributed by atoms with Crippen LogP contribution in [0.25, 0.3) is 0 Å². The predicted molar refractivity (Wildman–Crippen MR) is 85.0 cm³/mol. The molecule has 2 aromatic rings. The number of thiazole rings is 1. The molecule has 0 radical (unpaired) electrons. The van der Waals surface area contributed by atoms with Crippen LogP contribution in [0.2, 0.25) is 0 Å². The van der Waals surface area contributed by atoms with Crippen LogP contribution in [0.15, 0.2) is 23.2 Å². The molecule has 9 heteroatoms. The first-order valence-corrected chi connectivity index (χ1v) is 8.09. The van der Waals surface area contributed by atoms with Crippen LogP contribution < -0.4 is 4.80 Å². The Hall–Kier alpha value is -2.00. The Labute approximate surface area is 145 Å². The van der Waals surface area contributed by atoms with Crippen molar-refractivity contribution in [1.29, 1.82) is 0 Å². The van der Waals surface area contributed by atoms with Crippen molar-refractivity contribution >= 4 is 17.2 Å². The lowest BCUT2D eigenvalue weighted by Gasteiger charge is -2.11. The van der Waals surface area contributed by atoms with Crippen molar-refractivity contribution in [3.63, 3.8) is 0 Å². The molecule has 0 atom stereocenters. The van der Waals surface area contributed by atoms with Crippen LogP contribution >= 0.6 is 11.3 Å². The number of aryl methyl sites for hydroxylation is 1. The van der Waals surface area contributed by atoms with Gasteiger partial charge < -0.3 is 9.30 Å². The first-order chi connectivity index (χ1) is 11.7. The van der Waals surface area contributed by atoms with Crippen LogP contribution in [-0.4, -0.2) is 24.2 Å². The number of rotatable bonds is 4. The summed E-state index contributed by atoms with van der Waals surface area (Å²) in [5.74, 6) is -2.52. The first-order valence-electron chi connectivity index (χ1n) is 7.27. The maximum absolute atomic E-state index is 13.9. The monoisotopic (exact) mass is 376 g/mol. The normalized spacial score (nSPS) is 12.7. The summed E-state index contributed by atoms with van der Waals surface area (Å²) in [6.07, 6.45) is -4.85. The number of benzene rings is 1. The number of halogens is 4. The molecule has 4 nitrogen and oxygen atoms in total. The number of ether oxygens (including phenoxy) is 1. The minimum absolute atomic E-state index is 0.202. The van der Waals surface area contributed by atoms with Crippen LogP contribution in [0.4, 0.5) is 17.6 Å². The van der Waals surface area contributed by atoms with Crippen LogP contribution in [0.5, 0.6) is 0 Å². The highest BCUT2D eigenvalue weighted by molar-refractivity contribution is 7.09. The molecule has 0 aliphatic rings. The fraction of sp³-hybridized carbons (Fsp3) is 0.375. The second-order valence-corrected chi connectivity index (χ2v) is 6.43. The summed E-state index contributed by atoms with van der Waals surface area (Å²) in [6.45, 7) is 4.32. The molecular formula is C16H16F4N2O2S. The number of hydrogen-bond donors (Lipinski definition) is 0. The van der Waals surface area contributed by atoms with Gasteiger partial charge in [-0.3, -0.25) is 4.79 Å². The molecule has 0 saturated carbocycles. The Morgan fingerprint density at radius 2 is 2.00 bits per heavy atom. The van der Waals surface area contributed by atoms with Gasteiger partial charge >= 0.3 is 6.18 Å². The van der Waals surface area contributed by atoms with Crippen molar-refractivity contribution in [2.24, 2.45) is 4.99 Å². The molecule has 136 valence electrons. The Bertz CT molecular complexity index is 853. The zero-order valence-electron chi connectivity index (χ0n) is 13.8. The van der Waals surface area contributed by atoms with E-state index in [2.05, 4.69) is 4.99 Å². The molecule has 1 aromatic carbocycles. The van der Waals surface area contributed by atoms with Gasteiger partial charge in [-0.2, -0.15) is 18.2 Å². The fourth-order valence-corrected chi connectivity index (χ4v) is 3.25. The molecule has 0 aliphatic heterocycles. The topological polar surface area (TPSA) is 43.6 Å². The smallest absolute Gasteiger partial charge is 0.383 e. The highest BCUT2D eigenvalue weighted by Gasteiger charge is 2.36. The predicted octanol–water partition coefficient (Wildman–Crippen LogP) is 3.71. The van der Waals surface area contributed by atoms with E-state index in [4.69, 9.17) is 4.74 Å². The summed E-state index contributed by atoms with van der Waals surface area (Å²) in [4.78, 5) is 17.1. The zero-order valence-corrected chi connectivity index (χ0v) is 14.6. The zero-order chi connectivity index (χ0) is 18.8. The number of carbonyl (C=O) groups is 1. The van der Waals surface area contributed by atoms with Gasteiger partial charge in [0.25, 0.3) is 5.91 Å². The van der Waals surface area contributed by atoms with Crippen molar-refractivity contribution in [2.75, 3.05) is 13.7 Å². The average molecular weight is 376 g/mol. The van der Waals surface area contributed by atoms with E-state index in [0.29, 0.717) is 19.2 Å². The molecule has 1 heterocycles. The minimum atomic E-state index is -4.85. The summed E-state index contributed by atoms with van der Waals surface area (Å²) in [5.41, 5.74) is -1.59. The Balaban J connectivity index is 2.58. The number of aromatic nitrogens is 1. The molecule has 0 spiro atoms. The minimum Gasteiger partial charge on any atom is -0.383 e. The molecule has 1 amide bonds. The lowest BCUT2D eigenvalue weighted by atomic mass is 10.1. The molecular weight excluding hydrogens is 360 g/mol. The van der Waals surface area contributed by atoms with Gasteiger partial charge in [0.1, 0.15) is 5.82 Å². The summed E-state index contributed by atoms with van der Waals surface area (Å²) >= 11 is 1.15. The lowest BCUT2D eigenvalue weighted by molar-refractivity contribution is -0.138. The average Bonchev–Trinajstić information content (AvgIpc) is 2.78. The summed E-state index contributed by atoms with van der Waals surface area (Å²) in [5, 5.41) is 0. The van der Waals surface area contributed by atoms with Crippen molar-refractivity contribution in [2.45, 2.75) is 26.6 Å². The second kappa shape index (κ2) is 7.49. The molecule has 1 aromatic heterocycles. The standard InChI is InChI=1S/C16H16F4N2O2S/c1-9-10(2)25-15(22(9)7-8-24-3)21-14(23)13-11(16(18,19)20)5-4-6-12(13)17/h4-6H,7-8H2,1-3H3/b21-15-. The van der Waals surface area contributed by atoms with E-state index in [1.807, 2.05) is 0 Å². The van der Waals surface area contributed by atoms with Gasteiger partial charge in [-0.1, -0.05) is 6.07 Å². The third-order valence-corrected chi connectivity index (χ3v) is 4.73. The van der Waals surface area contributed by atoms with Crippen molar-refractivity contribution in [1.82, 2.24) is 4.57 Å². The number of amides is 1. The van der Waals surface area contributed by atoms with Crippen molar-refractivity contribution in [3.05, 3.63) is 50.5 Å². The van der Waals surface area contributed by atoms with Gasteiger partial charge in [0, 0.05) is 24.2 Å². The number of nitrogens with zero attached hydrogens (tertiary/aromatic N) is 2. The van der Waals surface area contributed by atoms with Crippen LogP contribution in [0.3, 0.4) is 0 Å². The second-order valence-electron chi connectivity index (χ2n) is 5.25. The maximum atomic E-state index is 13.9. The van der Waals surface area contributed by atoms with Crippen LogP contribution in [0.1, 0.15) is 26.5 Å². The van der Waals surface area contributed by atoms with Crippen LogP contribution in [-0.2, 0) is 17.5 Å². The number of hydrogen-bond acceptors (Lipinski definition) is 3. The molecule has 0 bridgehead atoms. The molecule has 0 fully saturated rings. The molecule has 0 N–H and O–H groups in total. The van der Waals surface area contributed by atoms with Gasteiger partial charge in [0.15, 0.2) is 4.80 Å². The lowest BCUT2D eigenvalue weighted by Crippen LogP contribution is -2.22. The Morgan fingerprint density at radius 3 is 2.60 bits per heavy atom. The van der Waals surface area contributed by atoms with Gasteiger partial charge in [-0.05, 0) is 26.0 Å². The van der Waals surface area contributed by atoms with Gasteiger partial charge in [0.2, 0.25) is 0 Å². The highest BCUT2D eigenvalue weighted by atomic mass is 32.1. The first kappa shape index (κ1) is 19.3. The quantitative estimate of drug-likeness (QED) is 0.764. The van der Waals surface area contributed by atoms with Gasteiger partial charge in [-0.25, -0.2) is 4.39 Å². The fourth-order valence-electron chi connectivity index (χ4n) is 2.25. The summed E-state index contributed by atoms with van der Waals surface area (Å²) in [7, 11) is 1.51. The van der Waals surface area contributed by atoms with E-state index in [9.17, 15) is 22.4 Å². The molecule has 0 unspecified atom stereocenters. The molecule has 0 saturated heterocycles. The third kappa shape index (κ3) is 4.16. The van der Waals surface area contributed by atoms with Crippen molar-refractivity contribution < 1.29 is 27.1 Å². The number of methoxy groups -OCH3 is 1. The van der Waals surface area contributed by atoms with E-state index in [1.165, 1.54) is 7.11 Å². The van der Waals surface area contributed by atoms with Crippen LogP contribution in [0, 0.1) is 19.7 Å². The van der Waals surface area contributed by atoms with E-state index in [0.717, 1.165) is 34.0 Å². The third-order valence-electron chi connectivity index (χ3n) is 3.64. The SMILES string of the molecule is COCCn1c(C)c(C)s/c1=N\C(=O)c1c(F)cccc1C(F)(F)F. The molecule has 0 aliphatic carbocycles. The Kier molecular flexibility index (Phi) is 5.79. The van der Waals surface area contributed by atoms with E-state index >= 15 is 0 Å². The molecule has 2 rings (SSSR count). The summed E-state index contributed by atoms with van der Waals surface area (Å²) < 4.78 is 59.8. The number of carbonyl (C=O) groups excluding carboxylic acids is 1. The van der Waals surface area contributed by atoms with E-state index < -0.39 is 29.0 Å². The van der Waals surface area contributed by atoms with Gasteiger partial charge in [0.05, 0.1) is 17.7 Å². The highest BCUT2D eigenvalue weighted by Crippen LogP contribution is 2.33. The summed E-state index contributed by atoms with van der Waals surface area (Å²) in [6, 6.07) is 2.38. The Morgan fingerprint density at radius 1 is 1.32 bits per heavy atom. The van der Waals surface area contributed by atoms with Gasteiger partial charge in [-0.15, -0.1) is 11.3 Å².